The molecule has 3 rings (SSSR count). The largest absolute Gasteiger partial charge is 0.506 e. The number of anilines is 2. The highest BCUT2D eigenvalue weighted by Crippen LogP contribution is 2.36. The molecule has 2 heterocycles. The minimum absolute atomic E-state index is 0.101. The van der Waals surface area contributed by atoms with E-state index in [0.717, 1.165) is 31.7 Å². The van der Waals surface area contributed by atoms with E-state index in [9.17, 15) is 9.90 Å². The van der Waals surface area contributed by atoms with Crippen LogP contribution in [0.5, 0.6) is 5.75 Å². The quantitative estimate of drug-likeness (QED) is 0.614. The Labute approximate surface area is 136 Å². The van der Waals surface area contributed by atoms with Crippen molar-refractivity contribution < 1.29 is 14.6 Å². The first-order chi connectivity index (χ1) is 10.7. The topological polar surface area (TPSA) is 79.0 Å². The zero-order valence-corrected chi connectivity index (χ0v) is 14.0. The lowest BCUT2D eigenvalue weighted by atomic mass is 10.1. The summed E-state index contributed by atoms with van der Waals surface area (Å²) in [6.07, 6.45) is 0.758. The second-order valence-electron chi connectivity index (χ2n) is 7.44. The maximum absolute atomic E-state index is 12.4. The van der Waals surface area contributed by atoms with E-state index >= 15 is 0 Å². The van der Waals surface area contributed by atoms with Gasteiger partial charge in [-0.2, -0.15) is 0 Å². The van der Waals surface area contributed by atoms with Crippen LogP contribution in [0.25, 0.3) is 0 Å². The average Bonchev–Trinajstić information content (AvgIpc) is 2.99. The highest BCUT2D eigenvalue weighted by molar-refractivity contribution is 5.70. The van der Waals surface area contributed by atoms with Crippen molar-refractivity contribution >= 4 is 17.5 Å². The number of carbonyl (C=O) groups is 1. The number of hydrogen-bond acceptors (Lipinski definition) is 5. The molecule has 2 aliphatic heterocycles. The number of fused-ring (bicyclic) bond motifs is 1. The average molecular weight is 319 g/mol. The van der Waals surface area contributed by atoms with Gasteiger partial charge in [0.15, 0.2) is 0 Å². The smallest absolute Gasteiger partial charge is 0.410 e. The summed E-state index contributed by atoms with van der Waals surface area (Å²) < 4.78 is 5.52. The Bertz CT molecular complexity index is 612. The number of carbonyl (C=O) groups excluding carboxylic acids is 1. The van der Waals surface area contributed by atoms with Crippen LogP contribution in [0.4, 0.5) is 16.2 Å². The summed E-state index contributed by atoms with van der Waals surface area (Å²) in [6.45, 7) is 8.05. The van der Waals surface area contributed by atoms with Crippen LogP contribution in [0.1, 0.15) is 27.2 Å². The first kappa shape index (κ1) is 15.8. The van der Waals surface area contributed by atoms with Crippen LogP contribution in [-0.4, -0.2) is 47.4 Å². The monoisotopic (exact) mass is 319 g/mol. The zero-order valence-electron chi connectivity index (χ0n) is 14.0. The highest BCUT2D eigenvalue weighted by atomic mass is 16.6. The number of amides is 1. The first-order valence-corrected chi connectivity index (χ1v) is 8.07. The number of aromatic hydroxyl groups is 1. The molecule has 6 heteroatoms. The highest BCUT2D eigenvalue weighted by Gasteiger charge is 2.44. The van der Waals surface area contributed by atoms with E-state index in [-0.39, 0.29) is 17.9 Å². The molecule has 0 radical (unpaired) electrons. The minimum atomic E-state index is -0.476. The number of nitrogen functional groups attached to an aromatic ring is 1. The van der Waals surface area contributed by atoms with Crippen molar-refractivity contribution in [3.63, 3.8) is 0 Å². The van der Waals surface area contributed by atoms with Gasteiger partial charge in [0.1, 0.15) is 11.4 Å². The van der Waals surface area contributed by atoms with Gasteiger partial charge in [0.2, 0.25) is 0 Å². The fraction of sp³-hybridized carbons (Fsp3) is 0.588. The van der Waals surface area contributed by atoms with E-state index in [2.05, 4.69) is 4.90 Å². The molecular weight excluding hydrogens is 294 g/mol. The molecule has 0 aromatic heterocycles. The Hall–Kier alpha value is -2.11. The molecule has 0 aliphatic carbocycles. The van der Waals surface area contributed by atoms with Gasteiger partial charge in [0.25, 0.3) is 0 Å². The number of benzene rings is 1. The summed E-state index contributed by atoms with van der Waals surface area (Å²) in [7, 11) is 0. The van der Waals surface area contributed by atoms with Crippen LogP contribution in [0, 0.1) is 5.92 Å². The number of rotatable bonds is 1. The van der Waals surface area contributed by atoms with Gasteiger partial charge >= 0.3 is 6.09 Å². The van der Waals surface area contributed by atoms with Crippen molar-refractivity contribution in [2.45, 2.75) is 38.8 Å². The molecule has 1 aromatic carbocycles. The molecule has 126 valence electrons. The fourth-order valence-electron chi connectivity index (χ4n) is 3.45. The van der Waals surface area contributed by atoms with Crippen LogP contribution in [-0.2, 0) is 4.74 Å². The molecule has 2 aliphatic rings. The van der Waals surface area contributed by atoms with Gasteiger partial charge in [0.05, 0.1) is 11.7 Å². The number of ether oxygens (including phenoxy) is 1. The van der Waals surface area contributed by atoms with Crippen LogP contribution < -0.4 is 10.6 Å². The van der Waals surface area contributed by atoms with Crippen LogP contribution in [0.3, 0.4) is 0 Å². The molecule has 1 amide bonds. The van der Waals surface area contributed by atoms with E-state index in [1.807, 2.05) is 31.7 Å². The molecule has 2 saturated heterocycles. The molecule has 0 saturated carbocycles. The minimum Gasteiger partial charge on any atom is -0.506 e. The van der Waals surface area contributed by atoms with Crippen molar-refractivity contribution in [3.05, 3.63) is 18.2 Å². The lowest BCUT2D eigenvalue weighted by molar-refractivity contribution is 0.0229. The molecular formula is C17H25N3O3. The van der Waals surface area contributed by atoms with Gasteiger partial charge in [-0.3, -0.25) is 0 Å². The number of hydrogen-bond donors (Lipinski definition) is 2. The molecule has 0 unspecified atom stereocenters. The Morgan fingerprint density at radius 2 is 2.09 bits per heavy atom. The molecule has 0 spiro atoms. The number of nitrogens with zero attached hydrogens (tertiary/aromatic N) is 2. The third-order valence-corrected chi connectivity index (χ3v) is 4.55. The van der Waals surface area contributed by atoms with Crippen molar-refractivity contribution in [3.8, 4) is 5.75 Å². The van der Waals surface area contributed by atoms with E-state index in [1.165, 1.54) is 0 Å². The van der Waals surface area contributed by atoms with Crippen LogP contribution in [0.2, 0.25) is 0 Å². The van der Waals surface area contributed by atoms with E-state index in [0.29, 0.717) is 11.6 Å². The maximum Gasteiger partial charge on any atom is 0.410 e. The van der Waals surface area contributed by atoms with Gasteiger partial charge in [-0.15, -0.1) is 0 Å². The third kappa shape index (κ3) is 3.16. The molecule has 0 bridgehead atoms. The van der Waals surface area contributed by atoms with Gasteiger partial charge in [-0.05, 0) is 39.3 Å². The Kier molecular flexibility index (Phi) is 3.78. The Morgan fingerprint density at radius 3 is 2.74 bits per heavy atom. The number of phenols is 1. The standard InChI is InChI=1S/C17H25N3O3/c1-17(2,3)23-16(22)20-7-6-11-9-19(10-14(11)20)12-4-5-13(18)15(21)8-12/h4-5,8,11,14,21H,6-7,9-10,18H2,1-3H3/t11-,14+/m1/s1. The fourth-order valence-corrected chi connectivity index (χ4v) is 3.45. The zero-order chi connectivity index (χ0) is 16.8. The summed E-state index contributed by atoms with van der Waals surface area (Å²) in [5.41, 5.74) is 6.50. The SMILES string of the molecule is CC(C)(C)OC(=O)N1CC[C@@H]2CN(c3ccc(N)c(O)c3)C[C@@H]21. The van der Waals surface area contributed by atoms with Crippen LogP contribution in [0.15, 0.2) is 18.2 Å². The Morgan fingerprint density at radius 1 is 1.35 bits per heavy atom. The summed E-state index contributed by atoms with van der Waals surface area (Å²) in [4.78, 5) is 16.4. The number of likely N-dealkylation sites (tertiary alicyclic amines) is 1. The predicted molar refractivity (Wildman–Crippen MR) is 89.6 cm³/mol. The van der Waals surface area contributed by atoms with Crippen molar-refractivity contribution in [1.82, 2.24) is 4.90 Å². The third-order valence-electron chi connectivity index (χ3n) is 4.55. The van der Waals surface area contributed by atoms with E-state index in [4.69, 9.17) is 10.5 Å². The van der Waals surface area contributed by atoms with E-state index < -0.39 is 5.60 Å². The second kappa shape index (κ2) is 5.51. The summed E-state index contributed by atoms with van der Waals surface area (Å²) in [5, 5.41) is 9.80. The Balaban J connectivity index is 1.71. The lowest BCUT2D eigenvalue weighted by Gasteiger charge is -2.29. The molecule has 23 heavy (non-hydrogen) atoms. The predicted octanol–water partition coefficient (Wildman–Crippen LogP) is 2.42. The molecule has 6 nitrogen and oxygen atoms in total. The van der Waals surface area contributed by atoms with Gasteiger partial charge in [-0.25, -0.2) is 4.79 Å². The molecule has 1 aromatic rings. The summed E-state index contributed by atoms with van der Waals surface area (Å²) in [5.74, 6) is 0.547. The van der Waals surface area contributed by atoms with Gasteiger partial charge in [0, 0.05) is 37.3 Å². The summed E-state index contributed by atoms with van der Waals surface area (Å²) >= 11 is 0. The number of nitrogens with two attached hydrogens (primary N) is 1. The molecule has 2 fully saturated rings. The molecule has 3 N–H and O–H groups in total. The van der Waals surface area contributed by atoms with Gasteiger partial charge < -0.3 is 25.4 Å². The van der Waals surface area contributed by atoms with Gasteiger partial charge in [-0.1, -0.05) is 0 Å². The van der Waals surface area contributed by atoms with E-state index in [1.54, 1.807) is 12.1 Å². The number of phenolic OH excluding ortho intramolecular Hbond substituents is 1. The normalized spacial score (nSPS) is 24.0. The second-order valence-corrected chi connectivity index (χ2v) is 7.44. The van der Waals surface area contributed by atoms with Crippen LogP contribution >= 0.6 is 0 Å². The van der Waals surface area contributed by atoms with Crippen molar-refractivity contribution in [2.75, 3.05) is 30.3 Å². The first-order valence-electron chi connectivity index (χ1n) is 8.07. The van der Waals surface area contributed by atoms with Crippen molar-refractivity contribution in [2.24, 2.45) is 5.92 Å². The van der Waals surface area contributed by atoms with Crippen molar-refractivity contribution in [1.29, 1.82) is 0 Å². The maximum atomic E-state index is 12.4. The molecule has 2 atom stereocenters. The lowest BCUT2D eigenvalue weighted by Crippen LogP contribution is -2.42. The summed E-state index contributed by atoms with van der Waals surface area (Å²) in [6, 6.07) is 5.48.